The summed E-state index contributed by atoms with van der Waals surface area (Å²) in [5, 5.41) is 2.96. The molecular weight excluding hydrogens is 292 g/mol. The molecule has 112 valence electrons. The number of hydrogen-bond donors (Lipinski definition) is 2. The Morgan fingerprint density at radius 3 is 2.55 bits per heavy atom. The van der Waals surface area contributed by atoms with E-state index in [0.717, 1.165) is 18.5 Å². The Labute approximate surface area is 131 Å². The second-order valence-corrected chi connectivity index (χ2v) is 6.07. The quantitative estimate of drug-likeness (QED) is 0.834. The van der Waals surface area contributed by atoms with E-state index in [1.165, 1.54) is 17.7 Å². The minimum atomic E-state index is 0. The predicted octanol–water partition coefficient (Wildman–Crippen LogP) is 3.68. The number of thioether (sulfide) groups is 1. The number of hydrogen-bond acceptors (Lipinski definition) is 3. The fourth-order valence-corrected chi connectivity index (χ4v) is 3.02. The van der Waals surface area contributed by atoms with Crippen molar-refractivity contribution in [2.45, 2.75) is 43.0 Å². The lowest BCUT2D eigenvalue weighted by Gasteiger charge is -2.27. The van der Waals surface area contributed by atoms with E-state index in [4.69, 9.17) is 5.73 Å². The molecule has 0 saturated heterocycles. The molecule has 1 saturated carbocycles. The van der Waals surface area contributed by atoms with Crippen molar-refractivity contribution in [3.63, 3.8) is 0 Å². The number of halogens is 1. The van der Waals surface area contributed by atoms with Crippen LogP contribution in [0, 0.1) is 5.92 Å². The molecular formula is C15H23ClN2OS. The zero-order chi connectivity index (χ0) is 13.7. The smallest absolute Gasteiger partial charge is 0.224 e. The maximum absolute atomic E-state index is 12.0. The van der Waals surface area contributed by atoms with E-state index in [9.17, 15) is 4.79 Å². The maximum Gasteiger partial charge on any atom is 0.224 e. The van der Waals surface area contributed by atoms with Gasteiger partial charge in [0, 0.05) is 23.0 Å². The van der Waals surface area contributed by atoms with Crippen LogP contribution in [0.4, 0.5) is 5.69 Å². The van der Waals surface area contributed by atoms with Gasteiger partial charge in [0.25, 0.3) is 0 Å². The summed E-state index contributed by atoms with van der Waals surface area (Å²) in [6.45, 7) is 0. The molecule has 0 bridgehead atoms. The zero-order valence-electron chi connectivity index (χ0n) is 11.8. The molecule has 3 N–H and O–H groups in total. The number of benzene rings is 1. The molecule has 0 spiro atoms. The SMILES string of the molecule is CSc1ccc(NC(=O)CC2CCCCC2N)cc1.Cl. The summed E-state index contributed by atoms with van der Waals surface area (Å²) >= 11 is 1.70. The summed E-state index contributed by atoms with van der Waals surface area (Å²) in [4.78, 5) is 13.2. The molecule has 1 amide bonds. The first-order valence-electron chi connectivity index (χ1n) is 6.88. The molecule has 1 aliphatic rings. The zero-order valence-corrected chi connectivity index (χ0v) is 13.4. The average molecular weight is 315 g/mol. The third-order valence-electron chi connectivity index (χ3n) is 3.79. The van der Waals surface area contributed by atoms with Crippen LogP contribution < -0.4 is 11.1 Å². The average Bonchev–Trinajstić information content (AvgIpc) is 2.42. The highest BCUT2D eigenvalue weighted by atomic mass is 35.5. The molecule has 2 atom stereocenters. The Morgan fingerprint density at radius 2 is 1.95 bits per heavy atom. The van der Waals surface area contributed by atoms with E-state index in [2.05, 4.69) is 5.32 Å². The molecule has 0 heterocycles. The Kier molecular flexibility index (Phi) is 7.41. The summed E-state index contributed by atoms with van der Waals surface area (Å²) in [6.07, 6.45) is 7.13. The van der Waals surface area contributed by atoms with E-state index in [1.54, 1.807) is 11.8 Å². The second kappa shape index (κ2) is 8.55. The van der Waals surface area contributed by atoms with Crippen LogP contribution in [0.25, 0.3) is 0 Å². The van der Waals surface area contributed by atoms with Gasteiger partial charge < -0.3 is 11.1 Å². The molecule has 1 aliphatic carbocycles. The fraction of sp³-hybridized carbons (Fsp3) is 0.533. The molecule has 1 aromatic carbocycles. The highest BCUT2D eigenvalue weighted by Crippen LogP contribution is 2.26. The van der Waals surface area contributed by atoms with Crippen LogP contribution in [0.15, 0.2) is 29.2 Å². The number of anilines is 1. The molecule has 0 aliphatic heterocycles. The van der Waals surface area contributed by atoms with Crippen LogP contribution >= 0.6 is 24.2 Å². The summed E-state index contributed by atoms with van der Waals surface area (Å²) in [6, 6.07) is 8.13. The number of nitrogens with two attached hydrogens (primary N) is 1. The van der Waals surface area contributed by atoms with Crippen molar-refractivity contribution >= 4 is 35.8 Å². The highest BCUT2D eigenvalue weighted by Gasteiger charge is 2.24. The summed E-state index contributed by atoms with van der Waals surface area (Å²) in [7, 11) is 0. The monoisotopic (exact) mass is 314 g/mol. The Morgan fingerprint density at radius 1 is 1.30 bits per heavy atom. The first-order valence-corrected chi connectivity index (χ1v) is 8.11. The lowest BCUT2D eigenvalue weighted by Crippen LogP contribution is -2.35. The second-order valence-electron chi connectivity index (χ2n) is 5.19. The fourth-order valence-electron chi connectivity index (χ4n) is 2.61. The van der Waals surface area contributed by atoms with Crippen LogP contribution in [0.3, 0.4) is 0 Å². The Hall–Kier alpha value is -0.710. The first-order chi connectivity index (χ1) is 9.19. The van der Waals surface area contributed by atoms with Gasteiger partial charge in [-0.1, -0.05) is 12.8 Å². The van der Waals surface area contributed by atoms with Crippen molar-refractivity contribution < 1.29 is 4.79 Å². The van der Waals surface area contributed by atoms with Gasteiger partial charge in [-0.3, -0.25) is 4.79 Å². The van der Waals surface area contributed by atoms with Crippen molar-refractivity contribution in [2.75, 3.05) is 11.6 Å². The van der Waals surface area contributed by atoms with Crippen molar-refractivity contribution in [1.29, 1.82) is 0 Å². The van der Waals surface area contributed by atoms with Gasteiger partial charge in [0.15, 0.2) is 0 Å². The van der Waals surface area contributed by atoms with Crippen LogP contribution in [-0.4, -0.2) is 18.2 Å². The topological polar surface area (TPSA) is 55.1 Å². The molecule has 5 heteroatoms. The molecule has 0 aromatic heterocycles. The number of carbonyl (C=O) groups is 1. The van der Waals surface area contributed by atoms with Crippen molar-refractivity contribution in [3.05, 3.63) is 24.3 Å². The van der Waals surface area contributed by atoms with E-state index in [-0.39, 0.29) is 24.4 Å². The van der Waals surface area contributed by atoms with Crippen LogP contribution in [0.5, 0.6) is 0 Å². The molecule has 1 fully saturated rings. The van der Waals surface area contributed by atoms with Gasteiger partial charge in [0.1, 0.15) is 0 Å². The largest absolute Gasteiger partial charge is 0.327 e. The van der Waals surface area contributed by atoms with Gasteiger partial charge in [-0.25, -0.2) is 0 Å². The summed E-state index contributed by atoms with van der Waals surface area (Å²) < 4.78 is 0. The van der Waals surface area contributed by atoms with Crippen molar-refractivity contribution in [3.8, 4) is 0 Å². The van der Waals surface area contributed by atoms with E-state index in [0.29, 0.717) is 12.3 Å². The van der Waals surface area contributed by atoms with Gasteiger partial charge in [-0.05, 0) is 49.3 Å². The van der Waals surface area contributed by atoms with Crippen molar-refractivity contribution in [2.24, 2.45) is 11.7 Å². The summed E-state index contributed by atoms with van der Waals surface area (Å²) in [5.74, 6) is 0.429. The van der Waals surface area contributed by atoms with Gasteiger partial charge in [0.2, 0.25) is 5.91 Å². The van der Waals surface area contributed by atoms with Crippen LogP contribution in [-0.2, 0) is 4.79 Å². The van der Waals surface area contributed by atoms with E-state index < -0.39 is 0 Å². The minimum absolute atomic E-state index is 0. The van der Waals surface area contributed by atoms with Crippen LogP contribution in [0.1, 0.15) is 32.1 Å². The lowest BCUT2D eigenvalue weighted by molar-refractivity contribution is -0.117. The van der Waals surface area contributed by atoms with Gasteiger partial charge >= 0.3 is 0 Å². The van der Waals surface area contributed by atoms with E-state index in [1.807, 2.05) is 30.5 Å². The minimum Gasteiger partial charge on any atom is -0.327 e. The van der Waals surface area contributed by atoms with Gasteiger partial charge in [0.05, 0.1) is 0 Å². The molecule has 2 unspecified atom stereocenters. The Balaban J connectivity index is 0.00000200. The molecule has 2 rings (SSSR count). The maximum atomic E-state index is 12.0. The standard InChI is InChI=1S/C15H22N2OS.ClH/c1-19-13-8-6-12(7-9-13)17-15(18)10-11-4-2-3-5-14(11)16;/h6-9,11,14H,2-5,10,16H2,1H3,(H,17,18);1H. The number of rotatable bonds is 4. The van der Waals surface area contributed by atoms with Crippen molar-refractivity contribution in [1.82, 2.24) is 0 Å². The molecule has 3 nitrogen and oxygen atoms in total. The summed E-state index contributed by atoms with van der Waals surface area (Å²) in [5.41, 5.74) is 6.94. The number of amides is 1. The normalized spacial score (nSPS) is 21.9. The predicted molar refractivity (Wildman–Crippen MR) is 88.7 cm³/mol. The number of carbonyl (C=O) groups excluding carboxylic acids is 1. The highest BCUT2D eigenvalue weighted by molar-refractivity contribution is 7.98. The molecule has 1 aromatic rings. The number of nitrogens with one attached hydrogen (secondary N) is 1. The van der Waals surface area contributed by atoms with E-state index >= 15 is 0 Å². The first kappa shape index (κ1) is 17.3. The van der Waals surface area contributed by atoms with Gasteiger partial charge in [-0.2, -0.15) is 0 Å². The molecule has 0 radical (unpaired) electrons. The lowest BCUT2D eigenvalue weighted by atomic mass is 9.83. The third kappa shape index (κ3) is 5.00. The Bertz CT molecular complexity index is 424. The molecule has 20 heavy (non-hydrogen) atoms. The van der Waals surface area contributed by atoms with Crippen LogP contribution in [0.2, 0.25) is 0 Å². The third-order valence-corrected chi connectivity index (χ3v) is 4.53. The van der Waals surface area contributed by atoms with Gasteiger partial charge in [-0.15, -0.1) is 24.2 Å².